The van der Waals surface area contributed by atoms with Crippen molar-refractivity contribution in [3.8, 4) is 0 Å². The number of alkyl halides is 3. The van der Waals surface area contributed by atoms with Crippen molar-refractivity contribution in [3.05, 3.63) is 0 Å². The Kier molecular flexibility index (Phi) is 9.60. The van der Waals surface area contributed by atoms with E-state index in [0.29, 0.717) is 0 Å². The van der Waals surface area contributed by atoms with E-state index >= 15 is 0 Å². The van der Waals surface area contributed by atoms with Crippen molar-refractivity contribution in [2.75, 3.05) is 6.61 Å². The molecule has 0 saturated carbocycles. The number of nitrogens with one attached hydrogen (secondary N) is 1. The summed E-state index contributed by atoms with van der Waals surface area (Å²) in [5.74, 6) is -4.03. The van der Waals surface area contributed by atoms with Gasteiger partial charge in [-0.15, -0.1) is 0 Å². The Hall–Kier alpha value is -1.82. The summed E-state index contributed by atoms with van der Waals surface area (Å²) in [5.41, 5.74) is 0. The van der Waals surface area contributed by atoms with Crippen LogP contribution in [0.1, 0.15) is 27.7 Å². The Morgan fingerprint density at radius 2 is 1.27 bits per heavy atom. The van der Waals surface area contributed by atoms with Crippen LogP contribution in [0.4, 0.5) is 0 Å². The minimum Gasteiger partial charge on any atom is -0.463 e. The summed E-state index contributed by atoms with van der Waals surface area (Å²) >= 11 is 16.8. The minimum absolute atomic E-state index is 0.460. The van der Waals surface area contributed by atoms with E-state index in [2.05, 4.69) is 0 Å². The van der Waals surface area contributed by atoms with Crippen molar-refractivity contribution in [1.82, 2.24) is 0 Å². The first-order valence-corrected chi connectivity index (χ1v) is 9.48. The van der Waals surface area contributed by atoms with Crippen molar-refractivity contribution in [2.24, 2.45) is 0 Å². The molecule has 170 valence electrons. The molecule has 1 fully saturated rings. The SMILES string of the molecule is CC(=O)OC[C@H]1O[C@@H](OC(=N)C(Cl)(Cl)Cl)[C@H](OC(C)=O)[C@H](OC(C)=O)[C@@H]1OC(C)=O. The number of rotatable bonds is 6. The van der Waals surface area contributed by atoms with E-state index in [-0.39, 0.29) is 0 Å². The molecule has 0 unspecified atom stereocenters. The average Bonchev–Trinajstić information content (AvgIpc) is 2.56. The molecule has 1 rings (SSSR count). The molecule has 0 aromatic heterocycles. The molecule has 0 aromatic rings. The smallest absolute Gasteiger partial charge is 0.303 e. The molecule has 1 aliphatic rings. The van der Waals surface area contributed by atoms with Crippen LogP contribution in [-0.4, -0.2) is 70.9 Å². The number of carbonyl (C=O) groups excluding carboxylic acids is 4. The van der Waals surface area contributed by atoms with Crippen LogP contribution < -0.4 is 0 Å². The summed E-state index contributed by atoms with van der Waals surface area (Å²) in [7, 11) is 0. The largest absolute Gasteiger partial charge is 0.463 e. The van der Waals surface area contributed by atoms with Crippen LogP contribution in [0.25, 0.3) is 0 Å². The molecule has 5 atom stereocenters. The second-order valence-electron chi connectivity index (χ2n) is 6.01. The van der Waals surface area contributed by atoms with Crippen LogP contribution in [-0.2, 0) is 47.6 Å². The predicted molar refractivity (Wildman–Crippen MR) is 101 cm³/mol. The summed E-state index contributed by atoms with van der Waals surface area (Å²) in [4.78, 5) is 46.1. The van der Waals surface area contributed by atoms with Crippen LogP contribution in [0, 0.1) is 5.41 Å². The number of ether oxygens (including phenoxy) is 6. The Bertz CT molecular complexity index is 695. The van der Waals surface area contributed by atoms with E-state index < -0.39 is 70.9 Å². The van der Waals surface area contributed by atoms with Crippen molar-refractivity contribution in [3.63, 3.8) is 0 Å². The lowest BCUT2D eigenvalue weighted by atomic mass is 9.98. The molecule has 14 heteroatoms. The highest BCUT2D eigenvalue weighted by Gasteiger charge is 2.54. The molecule has 0 bridgehead atoms. The summed E-state index contributed by atoms with van der Waals surface area (Å²) in [6.45, 7) is 3.86. The van der Waals surface area contributed by atoms with Gasteiger partial charge in [-0.25, -0.2) is 0 Å². The predicted octanol–water partition coefficient (Wildman–Crippen LogP) is 1.43. The van der Waals surface area contributed by atoms with Gasteiger partial charge in [-0.2, -0.15) is 0 Å². The van der Waals surface area contributed by atoms with Gasteiger partial charge in [-0.05, 0) is 0 Å². The zero-order chi connectivity index (χ0) is 23.2. The van der Waals surface area contributed by atoms with E-state index in [0.717, 1.165) is 27.7 Å². The van der Waals surface area contributed by atoms with Crippen LogP contribution in [0.2, 0.25) is 0 Å². The highest BCUT2D eigenvalue weighted by atomic mass is 35.6. The maximum Gasteiger partial charge on any atom is 0.303 e. The van der Waals surface area contributed by atoms with Gasteiger partial charge in [0.05, 0.1) is 0 Å². The van der Waals surface area contributed by atoms with Gasteiger partial charge in [0.2, 0.25) is 18.3 Å². The molecule has 0 amide bonds. The number of esters is 4. The molecule has 11 nitrogen and oxygen atoms in total. The minimum atomic E-state index is -2.29. The number of carbonyl (C=O) groups is 4. The first kappa shape index (κ1) is 26.2. The third kappa shape index (κ3) is 8.13. The normalized spacial score (nSPS) is 26.2. The lowest BCUT2D eigenvalue weighted by Gasteiger charge is -2.44. The molecule has 1 heterocycles. The van der Waals surface area contributed by atoms with E-state index in [1.54, 1.807) is 0 Å². The average molecular weight is 493 g/mol. The molecule has 1 saturated heterocycles. The molecule has 1 aliphatic heterocycles. The number of halogens is 3. The first-order chi connectivity index (χ1) is 13.7. The third-order valence-electron chi connectivity index (χ3n) is 3.44. The van der Waals surface area contributed by atoms with Gasteiger partial charge in [0.15, 0.2) is 12.2 Å². The lowest BCUT2D eigenvalue weighted by molar-refractivity contribution is -0.292. The fourth-order valence-corrected chi connectivity index (χ4v) is 2.60. The van der Waals surface area contributed by atoms with E-state index in [4.69, 9.17) is 68.6 Å². The maximum atomic E-state index is 11.7. The van der Waals surface area contributed by atoms with Crippen LogP contribution in [0.5, 0.6) is 0 Å². The molecule has 1 N–H and O–H groups in total. The molecular formula is C16H20Cl3NO10. The zero-order valence-corrected chi connectivity index (χ0v) is 18.6. The van der Waals surface area contributed by atoms with Gasteiger partial charge in [0, 0.05) is 27.7 Å². The standard InChI is InChI=1S/C16H20Cl3NO10/c1-6(21)25-5-10-11(26-7(2)22)12(27-8(3)23)13(28-9(4)24)14(29-10)30-15(20)16(17,18)19/h10-14,20H,5H2,1-4H3/t10-,11-,12-,13-,14+/m1/s1. The van der Waals surface area contributed by atoms with Crippen molar-refractivity contribution < 1.29 is 47.6 Å². The van der Waals surface area contributed by atoms with Crippen LogP contribution >= 0.6 is 34.8 Å². The number of hydrogen-bond donors (Lipinski definition) is 1. The highest BCUT2D eigenvalue weighted by Crippen LogP contribution is 2.33. The second-order valence-corrected chi connectivity index (χ2v) is 8.29. The molecule has 0 aromatic carbocycles. The molecule has 0 radical (unpaired) electrons. The lowest BCUT2D eigenvalue weighted by Crippen LogP contribution is -2.63. The van der Waals surface area contributed by atoms with Crippen molar-refractivity contribution >= 4 is 64.6 Å². The van der Waals surface area contributed by atoms with Gasteiger partial charge in [-0.3, -0.25) is 24.6 Å². The van der Waals surface area contributed by atoms with E-state index in [1.165, 1.54) is 0 Å². The summed E-state index contributed by atoms with van der Waals surface area (Å²) < 4.78 is 28.9. The fraction of sp³-hybridized carbons (Fsp3) is 0.688. The fourth-order valence-electron chi connectivity index (χ4n) is 2.47. The van der Waals surface area contributed by atoms with Gasteiger partial charge < -0.3 is 28.4 Å². The monoisotopic (exact) mass is 491 g/mol. The summed E-state index contributed by atoms with van der Waals surface area (Å²) in [6, 6.07) is 0. The molecular weight excluding hydrogens is 473 g/mol. The summed E-state index contributed by atoms with van der Waals surface area (Å²) in [6.07, 6.45) is -7.25. The maximum absolute atomic E-state index is 11.7. The Labute approximate surface area is 186 Å². The second kappa shape index (κ2) is 11.0. The van der Waals surface area contributed by atoms with Crippen molar-refractivity contribution in [2.45, 2.75) is 62.2 Å². The first-order valence-electron chi connectivity index (χ1n) is 8.35. The van der Waals surface area contributed by atoms with E-state index in [1.807, 2.05) is 0 Å². The molecule has 0 aliphatic carbocycles. The summed E-state index contributed by atoms with van der Waals surface area (Å²) in [5, 5.41) is 7.74. The van der Waals surface area contributed by atoms with Gasteiger partial charge in [-0.1, -0.05) is 34.8 Å². The molecule has 30 heavy (non-hydrogen) atoms. The van der Waals surface area contributed by atoms with Crippen molar-refractivity contribution in [1.29, 1.82) is 5.41 Å². The third-order valence-corrected chi connectivity index (χ3v) is 3.95. The highest BCUT2D eigenvalue weighted by molar-refractivity contribution is 6.76. The Morgan fingerprint density at radius 1 is 0.800 bits per heavy atom. The van der Waals surface area contributed by atoms with Gasteiger partial charge in [0.25, 0.3) is 3.79 Å². The Balaban J connectivity index is 3.37. The van der Waals surface area contributed by atoms with Gasteiger partial charge >= 0.3 is 23.9 Å². The van der Waals surface area contributed by atoms with Crippen LogP contribution in [0.15, 0.2) is 0 Å². The Morgan fingerprint density at radius 3 is 1.70 bits per heavy atom. The van der Waals surface area contributed by atoms with Gasteiger partial charge in [0.1, 0.15) is 12.7 Å². The quantitative estimate of drug-likeness (QED) is 0.190. The van der Waals surface area contributed by atoms with E-state index in [9.17, 15) is 19.2 Å². The topological polar surface area (TPSA) is 148 Å². The van der Waals surface area contributed by atoms with Crippen LogP contribution in [0.3, 0.4) is 0 Å². The number of hydrogen-bond acceptors (Lipinski definition) is 11. The zero-order valence-electron chi connectivity index (χ0n) is 16.3. The molecule has 0 spiro atoms.